The van der Waals surface area contributed by atoms with E-state index >= 15 is 0 Å². The Bertz CT molecular complexity index is 538. The van der Waals surface area contributed by atoms with Gasteiger partial charge in [0, 0.05) is 18.7 Å². The van der Waals surface area contributed by atoms with Crippen molar-refractivity contribution < 1.29 is 22.3 Å². The highest BCUT2D eigenvalue weighted by Crippen LogP contribution is 2.30. The number of aliphatic hydroxyl groups excluding tert-OH is 1. The van der Waals surface area contributed by atoms with Gasteiger partial charge in [0.05, 0.1) is 11.5 Å². The van der Waals surface area contributed by atoms with E-state index in [2.05, 4.69) is 0 Å². The molecule has 0 saturated heterocycles. The lowest BCUT2D eigenvalue weighted by Gasteiger charge is -2.36. The monoisotopic (exact) mass is 291 g/mol. The minimum Gasteiger partial charge on any atom is -0.395 e. The standard InChI is InChI=1S/C12H15F2NO3S/c13-9-6-10(14)8-12(7-9)19(17,18)15(4-5-16)11-2-1-3-11/h6-8,11,16H,1-5H2. The molecule has 1 aromatic rings. The SMILES string of the molecule is O=S(=O)(c1cc(F)cc(F)c1)N(CCO)C1CCC1. The molecule has 1 aliphatic rings. The Morgan fingerprint density at radius 2 is 1.79 bits per heavy atom. The van der Waals surface area contributed by atoms with Crippen molar-refractivity contribution in [2.24, 2.45) is 0 Å². The molecule has 0 amide bonds. The summed E-state index contributed by atoms with van der Waals surface area (Å²) < 4.78 is 52.1. The van der Waals surface area contributed by atoms with Gasteiger partial charge in [-0.2, -0.15) is 4.31 Å². The van der Waals surface area contributed by atoms with E-state index in [4.69, 9.17) is 5.11 Å². The smallest absolute Gasteiger partial charge is 0.243 e. The van der Waals surface area contributed by atoms with E-state index in [0.29, 0.717) is 18.9 Å². The first-order valence-electron chi connectivity index (χ1n) is 6.04. The first-order valence-corrected chi connectivity index (χ1v) is 7.48. The van der Waals surface area contributed by atoms with Crippen LogP contribution in [-0.4, -0.2) is 37.0 Å². The molecule has 0 unspecified atom stereocenters. The van der Waals surface area contributed by atoms with Gasteiger partial charge >= 0.3 is 0 Å². The molecule has 0 heterocycles. The Morgan fingerprint density at radius 3 is 2.21 bits per heavy atom. The summed E-state index contributed by atoms with van der Waals surface area (Å²) in [5, 5.41) is 8.97. The summed E-state index contributed by atoms with van der Waals surface area (Å²) in [6, 6.07) is 2.02. The van der Waals surface area contributed by atoms with E-state index in [0.717, 1.165) is 22.9 Å². The summed E-state index contributed by atoms with van der Waals surface area (Å²) in [6.45, 7) is -0.390. The van der Waals surface area contributed by atoms with Gasteiger partial charge in [0.15, 0.2) is 0 Å². The van der Waals surface area contributed by atoms with Crippen LogP contribution in [0.15, 0.2) is 23.1 Å². The van der Waals surface area contributed by atoms with Gasteiger partial charge in [-0.3, -0.25) is 0 Å². The lowest BCUT2D eigenvalue weighted by atomic mass is 9.93. The molecule has 0 aromatic heterocycles. The summed E-state index contributed by atoms with van der Waals surface area (Å²) >= 11 is 0. The van der Waals surface area contributed by atoms with E-state index in [9.17, 15) is 17.2 Å². The van der Waals surface area contributed by atoms with Crippen LogP contribution in [0.5, 0.6) is 0 Å². The number of hydrogen-bond donors (Lipinski definition) is 1. The van der Waals surface area contributed by atoms with Gasteiger partial charge < -0.3 is 5.11 Å². The fourth-order valence-corrected chi connectivity index (χ4v) is 3.80. The van der Waals surface area contributed by atoms with Crippen molar-refractivity contribution in [1.82, 2.24) is 4.31 Å². The molecule has 2 rings (SSSR count). The van der Waals surface area contributed by atoms with Crippen molar-refractivity contribution in [3.05, 3.63) is 29.8 Å². The lowest BCUT2D eigenvalue weighted by molar-refractivity contribution is 0.178. The number of rotatable bonds is 5. The third-order valence-corrected chi connectivity index (χ3v) is 5.17. The second kappa shape index (κ2) is 5.52. The summed E-state index contributed by atoms with van der Waals surface area (Å²) in [6.07, 6.45) is 2.33. The molecule has 4 nitrogen and oxygen atoms in total. The molecule has 0 radical (unpaired) electrons. The van der Waals surface area contributed by atoms with Crippen molar-refractivity contribution in [3.63, 3.8) is 0 Å². The van der Waals surface area contributed by atoms with Crippen LogP contribution in [0.1, 0.15) is 19.3 Å². The molecule has 1 fully saturated rings. The molecule has 1 N–H and O–H groups in total. The second-order valence-corrected chi connectivity index (χ2v) is 6.42. The van der Waals surface area contributed by atoms with Gasteiger partial charge in [0.1, 0.15) is 11.6 Å². The third kappa shape index (κ3) is 2.93. The number of hydrogen-bond acceptors (Lipinski definition) is 3. The summed E-state index contributed by atoms with van der Waals surface area (Å²) in [5.74, 6) is -1.87. The predicted octanol–water partition coefficient (Wildman–Crippen LogP) is 1.50. The Kier molecular flexibility index (Phi) is 4.17. The van der Waals surface area contributed by atoms with Crippen molar-refractivity contribution in [3.8, 4) is 0 Å². The Labute approximate surface area is 110 Å². The van der Waals surface area contributed by atoms with E-state index < -0.39 is 26.6 Å². The highest BCUT2D eigenvalue weighted by atomic mass is 32.2. The van der Waals surface area contributed by atoms with Crippen molar-refractivity contribution in [2.75, 3.05) is 13.2 Å². The molecule has 19 heavy (non-hydrogen) atoms. The van der Waals surface area contributed by atoms with Gasteiger partial charge in [0.25, 0.3) is 0 Å². The summed E-state index contributed by atoms with van der Waals surface area (Å²) in [4.78, 5) is -0.412. The van der Waals surface area contributed by atoms with E-state index in [1.807, 2.05) is 0 Å². The molecule has 0 aliphatic heterocycles. The first-order chi connectivity index (χ1) is 8.95. The lowest BCUT2D eigenvalue weighted by Crippen LogP contribution is -2.45. The van der Waals surface area contributed by atoms with Crippen LogP contribution in [0, 0.1) is 11.6 Å². The zero-order valence-electron chi connectivity index (χ0n) is 10.2. The van der Waals surface area contributed by atoms with E-state index in [1.165, 1.54) is 0 Å². The molecule has 106 valence electrons. The van der Waals surface area contributed by atoms with E-state index in [1.54, 1.807) is 0 Å². The maximum Gasteiger partial charge on any atom is 0.243 e. The van der Waals surface area contributed by atoms with Gasteiger partial charge in [0.2, 0.25) is 10.0 Å². The fraction of sp³-hybridized carbons (Fsp3) is 0.500. The molecule has 0 bridgehead atoms. The third-order valence-electron chi connectivity index (χ3n) is 3.25. The zero-order valence-corrected chi connectivity index (χ0v) is 11.0. The predicted molar refractivity (Wildman–Crippen MR) is 65.0 cm³/mol. The quantitative estimate of drug-likeness (QED) is 0.894. The largest absolute Gasteiger partial charge is 0.395 e. The van der Waals surface area contributed by atoms with Crippen LogP contribution in [0.2, 0.25) is 0 Å². The first kappa shape index (κ1) is 14.4. The van der Waals surface area contributed by atoms with Gasteiger partial charge in [-0.25, -0.2) is 17.2 Å². The molecule has 1 aliphatic carbocycles. The van der Waals surface area contributed by atoms with Crippen molar-refractivity contribution >= 4 is 10.0 Å². The molecular weight excluding hydrogens is 276 g/mol. The van der Waals surface area contributed by atoms with E-state index in [-0.39, 0.29) is 19.2 Å². The topological polar surface area (TPSA) is 57.6 Å². The highest BCUT2D eigenvalue weighted by Gasteiger charge is 2.34. The molecular formula is C12H15F2NO3S. The van der Waals surface area contributed by atoms with Crippen LogP contribution in [0.4, 0.5) is 8.78 Å². The Hall–Kier alpha value is -1.05. The van der Waals surface area contributed by atoms with Crippen LogP contribution in [-0.2, 0) is 10.0 Å². The van der Waals surface area contributed by atoms with Crippen LogP contribution in [0.3, 0.4) is 0 Å². The Morgan fingerprint density at radius 1 is 1.21 bits per heavy atom. The number of halogens is 2. The molecule has 0 spiro atoms. The number of aliphatic hydroxyl groups is 1. The number of benzene rings is 1. The minimum absolute atomic E-state index is 0.0644. The maximum absolute atomic E-state index is 13.1. The van der Waals surface area contributed by atoms with Crippen LogP contribution < -0.4 is 0 Å². The Balaban J connectivity index is 2.37. The van der Waals surface area contributed by atoms with Crippen LogP contribution >= 0.6 is 0 Å². The maximum atomic E-state index is 13.1. The van der Waals surface area contributed by atoms with Gasteiger partial charge in [-0.15, -0.1) is 0 Å². The second-order valence-electron chi connectivity index (χ2n) is 4.53. The van der Waals surface area contributed by atoms with Crippen molar-refractivity contribution in [1.29, 1.82) is 0 Å². The molecule has 1 saturated carbocycles. The van der Waals surface area contributed by atoms with Gasteiger partial charge in [-0.05, 0) is 25.0 Å². The highest BCUT2D eigenvalue weighted by molar-refractivity contribution is 7.89. The molecule has 1 aromatic carbocycles. The van der Waals surface area contributed by atoms with Gasteiger partial charge in [-0.1, -0.05) is 6.42 Å². The number of nitrogens with zero attached hydrogens (tertiary/aromatic N) is 1. The average molecular weight is 291 g/mol. The summed E-state index contributed by atoms with van der Waals surface area (Å²) in [7, 11) is -3.97. The fourth-order valence-electron chi connectivity index (χ4n) is 2.09. The van der Waals surface area contributed by atoms with Crippen LogP contribution in [0.25, 0.3) is 0 Å². The summed E-state index contributed by atoms with van der Waals surface area (Å²) in [5.41, 5.74) is 0. The average Bonchev–Trinajstić information content (AvgIpc) is 2.24. The van der Waals surface area contributed by atoms with Crippen molar-refractivity contribution in [2.45, 2.75) is 30.2 Å². The number of sulfonamides is 1. The molecule has 0 atom stereocenters. The molecule has 7 heteroatoms. The normalized spacial score (nSPS) is 16.6. The zero-order chi connectivity index (χ0) is 14.0. The minimum atomic E-state index is -3.97.